The van der Waals surface area contributed by atoms with Crippen LogP contribution >= 0.6 is 0 Å². The molecule has 1 unspecified atom stereocenters. The zero-order valence-electron chi connectivity index (χ0n) is 12.7. The Balaban J connectivity index is 2.02. The van der Waals surface area contributed by atoms with Crippen LogP contribution < -0.4 is 10.5 Å². The molecule has 2 N–H and O–H groups in total. The first-order chi connectivity index (χ1) is 9.42. The molecule has 1 aromatic rings. The molecule has 1 saturated heterocycles. The summed E-state index contributed by atoms with van der Waals surface area (Å²) in [6, 6.07) is 5.48. The highest BCUT2D eigenvalue weighted by atomic mass is 19.1. The Hall–Kier alpha value is -1.13. The van der Waals surface area contributed by atoms with E-state index in [-0.39, 0.29) is 17.3 Å². The van der Waals surface area contributed by atoms with E-state index in [2.05, 4.69) is 18.7 Å². The number of benzene rings is 1. The number of rotatable bonds is 4. The van der Waals surface area contributed by atoms with E-state index in [1.54, 1.807) is 12.1 Å². The van der Waals surface area contributed by atoms with Crippen molar-refractivity contribution in [1.29, 1.82) is 0 Å². The van der Waals surface area contributed by atoms with Gasteiger partial charge in [0.25, 0.3) is 0 Å². The third-order valence-electron chi connectivity index (χ3n) is 4.09. The van der Waals surface area contributed by atoms with Gasteiger partial charge in [0.1, 0.15) is 0 Å². The van der Waals surface area contributed by atoms with Gasteiger partial charge in [-0.3, -0.25) is 4.90 Å². The predicted molar refractivity (Wildman–Crippen MR) is 79.2 cm³/mol. The van der Waals surface area contributed by atoms with Gasteiger partial charge in [-0.05, 0) is 36.5 Å². The van der Waals surface area contributed by atoms with Crippen LogP contribution in [0.5, 0.6) is 5.75 Å². The lowest BCUT2D eigenvalue weighted by Gasteiger charge is -2.42. The first-order valence-electron chi connectivity index (χ1n) is 7.31. The normalized spacial score (nSPS) is 22.8. The summed E-state index contributed by atoms with van der Waals surface area (Å²) < 4.78 is 19.1. The van der Waals surface area contributed by atoms with Gasteiger partial charge in [0.2, 0.25) is 0 Å². The maximum Gasteiger partial charge on any atom is 0.165 e. The molecule has 0 saturated carbocycles. The summed E-state index contributed by atoms with van der Waals surface area (Å²) in [4.78, 5) is 2.35. The number of halogens is 1. The van der Waals surface area contributed by atoms with Gasteiger partial charge < -0.3 is 10.5 Å². The van der Waals surface area contributed by atoms with E-state index < -0.39 is 0 Å². The second-order valence-corrected chi connectivity index (χ2v) is 6.29. The van der Waals surface area contributed by atoms with Crippen molar-refractivity contribution in [2.24, 2.45) is 11.1 Å². The van der Waals surface area contributed by atoms with E-state index in [0.29, 0.717) is 12.4 Å². The van der Waals surface area contributed by atoms with Crippen LogP contribution in [0, 0.1) is 11.2 Å². The topological polar surface area (TPSA) is 38.5 Å². The fraction of sp³-hybridized carbons (Fsp3) is 0.625. The van der Waals surface area contributed by atoms with Crippen molar-refractivity contribution >= 4 is 0 Å². The molecule has 2 rings (SSSR count). The minimum Gasteiger partial charge on any atom is -0.491 e. The van der Waals surface area contributed by atoms with E-state index in [0.717, 1.165) is 31.6 Å². The van der Waals surface area contributed by atoms with Gasteiger partial charge in [-0.15, -0.1) is 0 Å². The number of hydrogen-bond acceptors (Lipinski definition) is 3. The van der Waals surface area contributed by atoms with Crippen LogP contribution in [0.4, 0.5) is 4.39 Å². The number of nitrogens with two attached hydrogens (primary N) is 1. The summed E-state index contributed by atoms with van der Waals surface area (Å²) in [6.45, 7) is 9.41. The Labute approximate surface area is 120 Å². The molecule has 1 aliphatic heterocycles. The molecular weight excluding hydrogens is 255 g/mol. The molecule has 1 aliphatic rings. The van der Waals surface area contributed by atoms with Crippen LogP contribution in [-0.4, -0.2) is 30.6 Å². The van der Waals surface area contributed by atoms with Crippen LogP contribution in [0.25, 0.3) is 0 Å². The largest absolute Gasteiger partial charge is 0.491 e. The quantitative estimate of drug-likeness (QED) is 0.921. The number of nitrogens with zero attached hydrogens (tertiary/aromatic N) is 1. The zero-order chi connectivity index (χ0) is 14.8. The molecule has 0 radical (unpaired) electrons. The van der Waals surface area contributed by atoms with E-state index in [1.165, 1.54) is 0 Å². The number of piperidine rings is 1. The fourth-order valence-corrected chi connectivity index (χ4v) is 2.79. The molecular formula is C16H25FN2O. The predicted octanol–water partition coefficient (Wildman–Crippen LogP) is 2.78. The highest BCUT2D eigenvalue weighted by Gasteiger charge is 2.33. The standard InChI is InChI=1S/C16H25FN2O/c1-4-20-14-6-5-12(9-13(14)17)10-19-8-7-15(18)16(2,3)11-19/h5-6,9,15H,4,7-8,10-11,18H2,1-3H3. The Morgan fingerprint density at radius 2 is 2.20 bits per heavy atom. The first kappa shape index (κ1) is 15.3. The number of ether oxygens (including phenoxy) is 1. The molecule has 20 heavy (non-hydrogen) atoms. The number of hydrogen-bond donors (Lipinski definition) is 1. The molecule has 0 aromatic heterocycles. The van der Waals surface area contributed by atoms with Crippen LogP contribution in [0.1, 0.15) is 32.8 Å². The Bertz CT molecular complexity index is 462. The van der Waals surface area contributed by atoms with Crippen molar-refractivity contribution in [2.45, 2.75) is 39.8 Å². The average molecular weight is 280 g/mol. The Morgan fingerprint density at radius 1 is 1.45 bits per heavy atom. The zero-order valence-corrected chi connectivity index (χ0v) is 12.7. The summed E-state index contributed by atoms with van der Waals surface area (Å²) in [5, 5.41) is 0. The van der Waals surface area contributed by atoms with E-state index >= 15 is 0 Å². The molecule has 0 spiro atoms. The van der Waals surface area contributed by atoms with Crippen molar-refractivity contribution in [3.05, 3.63) is 29.6 Å². The van der Waals surface area contributed by atoms with Crippen molar-refractivity contribution in [3.8, 4) is 5.75 Å². The van der Waals surface area contributed by atoms with Gasteiger partial charge in [-0.25, -0.2) is 4.39 Å². The highest BCUT2D eigenvalue weighted by molar-refractivity contribution is 5.29. The minimum absolute atomic E-state index is 0.113. The van der Waals surface area contributed by atoms with Crippen molar-refractivity contribution < 1.29 is 9.13 Å². The lowest BCUT2D eigenvalue weighted by Crippen LogP contribution is -2.52. The molecule has 4 heteroatoms. The molecule has 1 atom stereocenters. The molecule has 0 bridgehead atoms. The monoisotopic (exact) mass is 280 g/mol. The lowest BCUT2D eigenvalue weighted by molar-refractivity contribution is 0.0898. The molecule has 0 aliphatic carbocycles. The SMILES string of the molecule is CCOc1ccc(CN2CCC(N)C(C)(C)C2)cc1F. The van der Waals surface area contributed by atoms with Gasteiger partial charge in [0, 0.05) is 25.7 Å². The lowest BCUT2D eigenvalue weighted by atomic mass is 9.79. The van der Waals surface area contributed by atoms with Crippen molar-refractivity contribution in [3.63, 3.8) is 0 Å². The second-order valence-electron chi connectivity index (χ2n) is 6.29. The molecule has 1 fully saturated rings. The first-order valence-corrected chi connectivity index (χ1v) is 7.31. The van der Waals surface area contributed by atoms with Crippen LogP contribution in [-0.2, 0) is 6.54 Å². The summed E-state index contributed by atoms with van der Waals surface area (Å²) in [5.74, 6) is 0.0505. The van der Waals surface area contributed by atoms with Crippen LogP contribution in [0.3, 0.4) is 0 Å². The van der Waals surface area contributed by atoms with Gasteiger partial charge in [-0.1, -0.05) is 19.9 Å². The van der Waals surface area contributed by atoms with Crippen LogP contribution in [0.15, 0.2) is 18.2 Å². The molecule has 0 amide bonds. The number of likely N-dealkylation sites (tertiary alicyclic amines) is 1. The van der Waals surface area contributed by atoms with Crippen LogP contribution in [0.2, 0.25) is 0 Å². The Morgan fingerprint density at radius 3 is 2.80 bits per heavy atom. The molecule has 3 nitrogen and oxygen atoms in total. The van der Waals surface area contributed by atoms with Gasteiger partial charge in [0.15, 0.2) is 11.6 Å². The minimum atomic E-state index is -0.280. The summed E-state index contributed by atoms with van der Waals surface area (Å²) in [5.41, 5.74) is 7.24. The summed E-state index contributed by atoms with van der Waals surface area (Å²) >= 11 is 0. The maximum atomic E-state index is 13.8. The maximum absolute atomic E-state index is 13.8. The van der Waals surface area contributed by atoms with E-state index in [4.69, 9.17) is 10.5 Å². The third kappa shape index (κ3) is 3.49. The summed E-state index contributed by atoms with van der Waals surface area (Å²) in [6.07, 6.45) is 0.993. The van der Waals surface area contributed by atoms with Crippen molar-refractivity contribution in [1.82, 2.24) is 4.90 Å². The van der Waals surface area contributed by atoms with Gasteiger partial charge >= 0.3 is 0 Å². The molecule has 1 heterocycles. The van der Waals surface area contributed by atoms with Gasteiger partial charge in [0.05, 0.1) is 6.61 Å². The third-order valence-corrected chi connectivity index (χ3v) is 4.09. The van der Waals surface area contributed by atoms with E-state index in [1.807, 2.05) is 13.0 Å². The fourth-order valence-electron chi connectivity index (χ4n) is 2.79. The summed E-state index contributed by atoms with van der Waals surface area (Å²) in [7, 11) is 0. The highest BCUT2D eigenvalue weighted by Crippen LogP contribution is 2.29. The second kappa shape index (κ2) is 6.10. The smallest absolute Gasteiger partial charge is 0.165 e. The molecule has 112 valence electrons. The average Bonchev–Trinajstić information content (AvgIpc) is 2.37. The van der Waals surface area contributed by atoms with Gasteiger partial charge in [-0.2, -0.15) is 0 Å². The Kier molecular flexibility index (Phi) is 4.66. The molecule has 1 aromatic carbocycles. The van der Waals surface area contributed by atoms with E-state index in [9.17, 15) is 4.39 Å². The van der Waals surface area contributed by atoms with Crippen molar-refractivity contribution in [2.75, 3.05) is 19.7 Å².